The standard InChI is InChI=1S/C13H16N2O8S3/c1-25(20,21)10-2-3-12(11(6-10)15(17)18)24(19)7-13(16)14-9-4-5-26(22,23)8-9/h2-3,6,9H,4-5,7-8H2,1H3,(H,14,16). The molecule has 0 saturated carbocycles. The Morgan fingerprint density at radius 2 is 2.08 bits per heavy atom. The van der Waals surface area contributed by atoms with Crippen LogP contribution in [0, 0.1) is 10.1 Å². The van der Waals surface area contributed by atoms with E-state index in [4.69, 9.17) is 0 Å². The van der Waals surface area contributed by atoms with Gasteiger partial charge in [-0.3, -0.25) is 19.1 Å². The Morgan fingerprint density at radius 3 is 2.58 bits per heavy atom. The summed E-state index contributed by atoms with van der Waals surface area (Å²) in [5, 5.41) is 13.6. The van der Waals surface area contributed by atoms with Crippen LogP contribution in [0.25, 0.3) is 0 Å². The van der Waals surface area contributed by atoms with E-state index in [1.807, 2.05) is 0 Å². The highest BCUT2D eigenvalue weighted by atomic mass is 32.2. The predicted octanol–water partition coefficient (Wildman–Crippen LogP) is -0.591. The van der Waals surface area contributed by atoms with E-state index in [0.29, 0.717) is 0 Å². The van der Waals surface area contributed by atoms with E-state index in [0.717, 1.165) is 24.5 Å². The Labute approximate surface area is 152 Å². The normalized spacial score (nSPS) is 20.4. The van der Waals surface area contributed by atoms with Crippen LogP contribution < -0.4 is 5.32 Å². The van der Waals surface area contributed by atoms with Crippen molar-refractivity contribution in [2.45, 2.75) is 22.3 Å². The first kappa shape index (κ1) is 20.5. The Kier molecular flexibility index (Phi) is 5.82. The minimum Gasteiger partial charge on any atom is -0.352 e. The molecule has 1 aliphatic rings. The molecule has 2 atom stereocenters. The fraction of sp³-hybridized carbons (Fsp3) is 0.462. The molecular formula is C13H16N2O8S3. The number of amides is 1. The lowest BCUT2D eigenvalue weighted by molar-refractivity contribution is -0.388. The molecule has 13 heteroatoms. The summed E-state index contributed by atoms with van der Waals surface area (Å²) in [4.78, 5) is 21.6. The summed E-state index contributed by atoms with van der Waals surface area (Å²) in [7, 11) is -8.98. The number of hydrogen-bond acceptors (Lipinski definition) is 8. The monoisotopic (exact) mass is 424 g/mol. The summed E-state index contributed by atoms with van der Waals surface area (Å²) in [5.74, 6) is -1.55. The molecule has 2 unspecified atom stereocenters. The zero-order valence-corrected chi connectivity index (χ0v) is 16.0. The van der Waals surface area contributed by atoms with Crippen molar-refractivity contribution in [3.05, 3.63) is 28.3 Å². The average Bonchev–Trinajstić information content (AvgIpc) is 2.84. The lowest BCUT2D eigenvalue weighted by Crippen LogP contribution is -2.38. The molecule has 0 aromatic heterocycles. The maximum Gasteiger partial charge on any atom is 0.286 e. The van der Waals surface area contributed by atoms with Gasteiger partial charge < -0.3 is 5.32 Å². The zero-order chi connectivity index (χ0) is 19.7. The number of carbonyl (C=O) groups is 1. The van der Waals surface area contributed by atoms with Crippen molar-refractivity contribution >= 4 is 42.1 Å². The third-order valence-electron chi connectivity index (χ3n) is 3.66. The number of hydrogen-bond donors (Lipinski definition) is 1. The predicted molar refractivity (Wildman–Crippen MR) is 92.7 cm³/mol. The van der Waals surface area contributed by atoms with Gasteiger partial charge in [-0.2, -0.15) is 0 Å². The van der Waals surface area contributed by atoms with Gasteiger partial charge in [-0.15, -0.1) is 0 Å². The Bertz CT molecular complexity index is 985. The first-order chi connectivity index (χ1) is 11.9. The van der Waals surface area contributed by atoms with Gasteiger partial charge in [0, 0.05) is 18.4 Å². The van der Waals surface area contributed by atoms with Crippen LogP contribution in [0.4, 0.5) is 5.69 Å². The molecule has 0 spiro atoms. The number of benzene rings is 1. The van der Waals surface area contributed by atoms with Crippen LogP contribution in [0.2, 0.25) is 0 Å². The van der Waals surface area contributed by atoms with Crippen LogP contribution in [0.3, 0.4) is 0 Å². The minimum absolute atomic E-state index is 0.0422. The van der Waals surface area contributed by atoms with Gasteiger partial charge in [-0.05, 0) is 18.6 Å². The molecule has 1 amide bonds. The summed E-state index contributed by atoms with van der Waals surface area (Å²) < 4.78 is 58.0. The topological polar surface area (TPSA) is 158 Å². The van der Waals surface area contributed by atoms with E-state index in [1.165, 1.54) is 0 Å². The summed E-state index contributed by atoms with van der Waals surface area (Å²) >= 11 is 0. The molecule has 1 heterocycles. The van der Waals surface area contributed by atoms with Gasteiger partial charge in [-0.1, -0.05) is 0 Å². The lowest BCUT2D eigenvalue weighted by atomic mass is 10.3. The Balaban J connectivity index is 2.16. The van der Waals surface area contributed by atoms with Crippen molar-refractivity contribution in [1.82, 2.24) is 5.32 Å². The quantitative estimate of drug-likeness (QED) is 0.469. The molecule has 1 N–H and O–H groups in total. The van der Waals surface area contributed by atoms with Gasteiger partial charge in [0.05, 0.1) is 32.1 Å². The average molecular weight is 424 g/mol. The molecular weight excluding hydrogens is 408 g/mol. The summed E-state index contributed by atoms with van der Waals surface area (Å²) in [5.41, 5.74) is -0.664. The van der Waals surface area contributed by atoms with Gasteiger partial charge in [0.15, 0.2) is 19.7 Å². The largest absolute Gasteiger partial charge is 0.352 e. The van der Waals surface area contributed by atoms with Crippen LogP contribution >= 0.6 is 0 Å². The van der Waals surface area contributed by atoms with Crippen molar-refractivity contribution in [3.63, 3.8) is 0 Å². The number of carbonyl (C=O) groups excluding carboxylic acids is 1. The lowest BCUT2D eigenvalue weighted by Gasteiger charge is -2.11. The highest BCUT2D eigenvalue weighted by Crippen LogP contribution is 2.26. The molecule has 1 aromatic carbocycles. The smallest absolute Gasteiger partial charge is 0.286 e. The highest BCUT2D eigenvalue weighted by molar-refractivity contribution is 7.91. The third kappa shape index (κ3) is 5.08. The third-order valence-corrected chi connectivity index (χ3v) is 7.90. The van der Waals surface area contributed by atoms with Gasteiger partial charge in [-0.25, -0.2) is 16.8 Å². The van der Waals surface area contributed by atoms with Crippen LogP contribution in [-0.2, 0) is 35.3 Å². The number of sulfone groups is 2. The summed E-state index contributed by atoms with van der Waals surface area (Å²) in [6.07, 6.45) is 1.13. The number of nitrogens with zero attached hydrogens (tertiary/aromatic N) is 1. The second kappa shape index (κ2) is 7.40. The van der Waals surface area contributed by atoms with E-state index in [9.17, 15) is 36.0 Å². The molecule has 10 nitrogen and oxygen atoms in total. The van der Waals surface area contributed by atoms with Crippen molar-refractivity contribution < 1.29 is 30.8 Å². The van der Waals surface area contributed by atoms with E-state index in [-0.39, 0.29) is 27.7 Å². The number of rotatable bonds is 6. The Hall–Kier alpha value is -1.86. The Morgan fingerprint density at radius 1 is 1.42 bits per heavy atom. The van der Waals surface area contributed by atoms with Crippen LogP contribution in [0.1, 0.15) is 6.42 Å². The van der Waals surface area contributed by atoms with Crippen molar-refractivity contribution in [2.24, 2.45) is 0 Å². The van der Waals surface area contributed by atoms with Crippen molar-refractivity contribution in [2.75, 3.05) is 23.5 Å². The SMILES string of the molecule is CS(=O)(=O)c1ccc(S(=O)CC(=O)NC2CCS(=O)(=O)C2)c([N+](=O)[O-])c1. The molecule has 0 bridgehead atoms. The zero-order valence-electron chi connectivity index (χ0n) is 13.6. The second-order valence-electron chi connectivity index (χ2n) is 5.82. The van der Waals surface area contributed by atoms with E-state index >= 15 is 0 Å². The number of nitro groups is 1. The first-order valence-corrected chi connectivity index (χ1v) is 12.3. The fourth-order valence-corrected chi connectivity index (χ4v) is 5.82. The number of nitrogens with one attached hydrogen (secondary N) is 1. The van der Waals surface area contributed by atoms with E-state index < -0.39 is 58.8 Å². The molecule has 144 valence electrons. The van der Waals surface area contributed by atoms with Crippen LogP contribution in [0.5, 0.6) is 0 Å². The molecule has 1 fully saturated rings. The van der Waals surface area contributed by atoms with Crippen LogP contribution in [-0.4, -0.2) is 61.4 Å². The van der Waals surface area contributed by atoms with E-state index in [1.54, 1.807) is 0 Å². The highest BCUT2D eigenvalue weighted by Gasteiger charge is 2.30. The summed E-state index contributed by atoms with van der Waals surface area (Å²) in [6, 6.07) is 2.34. The maximum absolute atomic E-state index is 12.3. The molecule has 0 aliphatic carbocycles. The van der Waals surface area contributed by atoms with Crippen molar-refractivity contribution in [3.8, 4) is 0 Å². The first-order valence-electron chi connectivity index (χ1n) is 7.26. The van der Waals surface area contributed by atoms with Gasteiger partial charge >= 0.3 is 0 Å². The van der Waals surface area contributed by atoms with E-state index in [2.05, 4.69) is 5.32 Å². The van der Waals surface area contributed by atoms with Crippen molar-refractivity contribution in [1.29, 1.82) is 0 Å². The molecule has 1 saturated heterocycles. The molecule has 2 rings (SSSR count). The minimum atomic E-state index is -3.69. The molecule has 1 aliphatic heterocycles. The molecule has 0 radical (unpaired) electrons. The maximum atomic E-state index is 12.3. The summed E-state index contributed by atoms with van der Waals surface area (Å²) in [6.45, 7) is 0. The molecule has 1 aromatic rings. The van der Waals surface area contributed by atoms with Gasteiger partial charge in [0.25, 0.3) is 5.69 Å². The number of nitro benzene ring substituents is 1. The van der Waals surface area contributed by atoms with Gasteiger partial charge in [0.2, 0.25) is 5.91 Å². The fourth-order valence-electron chi connectivity index (χ4n) is 2.44. The van der Waals surface area contributed by atoms with Gasteiger partial charge in [0.1, 0.15) is 10.6 Å². The second-order valence-corrected chi connectivity index (χ2v) is 11.5. The van der Waals surface area contributed by atoms with Crippen LogP contribution in [0.15, 0.2) is 28.0 Å². The molecule has 26 heavy (non-hydrogen) atoms.